The molecule has 9 heteroatoms. The lowest BCUT2D eigenvalue weighted by Crippen LogP contribution is -2.27. The summed E-state index contributed by atoms with van der Waals surface area (Å²) in [5, 5.41) is 13.3. The van der Waals surface area contributed by atoms with Gasteiger partial charge in [0.05, 0.1) is 11.0 Å². The maximum atomic E-state index is 11.6. The Bertz CT molecular complexity index is 1340. The number of aromatic nitrogens is 2. The van der Waals surface area contributed by atoms with Crippen LogP contribution in [0.5, 0.6) is 0 Å². The molecular formula is C24H21Br2N3O4. The fraction of sp³-hybridized carbons (Fsp3) is 0.167. The van der Waals surface area contributed by atoms with Crippen LogP contribution in [0, 0.1) is 0 Å². The van der Waals surface area contributed by atoms with Crippen molar-refractivity contribution in [2.75, 3.05) is 5.32 Å². The molecule has 0 atom stereocenters. The molecule has 0 saturated heterocycles. The highest BCUT2D eigenvalue weighted by Crippen LogP contribution is 2.21. The van der Waals surface area contributed by atoms with Gasteiger partial charge in [-0.25, -0.2) is 19.6 Å². The van der Waals surface area contributed by atoms with Gasteiger partial charge < -0.3 is 9.84 Å². The summed E-state index contributed by atoms with van der Waals surface area (Å²) in [6.07, 6.45) is -0.503. The molecule has 2 N–H and O–H groups in total. The van der Waals surface area contributed by atoms with Crippen molar-refractivity contribution in [2.45, 2.75) is 26.4 Å². The molecule has 2 aromatic heterocycles. The number of benzene rings is 2. The molecule has 0 aliphatic heterocycles. The quantitative estimate of drug-likeness (QED) is 0.266. The van der Waals surface area contributed by atoms with E-state index >= 15 is 0 Å². The van der Waals surface area contributed by atoms with Crippen molar-refractivity contribution in [3.8, 4) is 0 Å². The van der Waals surface area contributed by atoms with Crippen LogP contribution in [0.3, 0.4) is 0 Å². The summed E-state index contributed by atoms with van der Waals surface area (Å²) >= 11 is 6.74. The second kappa shape index (κ2) is 10.3. The Labute approximate surface area is 207 Å². The lowest BCUT2D eigenvalue weighted by Gasteiger charge is -2.19. The monoisotopic (exact) mass is 573 g/mol. The first-order chi connectivity index (χ1) is 15.5. The second-order valence-electron chi connectivity index (χ2n) is 8.00. The number of carbonyl (C=O) groups excluding carboxylic acids is 1. The number of nitrogens with one attached hydrogen (secondary N) is 1. The number of hydrogen-bond acceptors (Lipinski definition) is 5. The molecule has 0 bridgehead atoms. The highest BCUT2D eigenvalue weighted by atomic mass is 79.9. The van der Waals surface area contributed by atoms with E-state index in [1.807, 2.05) is 57.2 Å². The third-order valence-corrected chi connectivity index (χ3v) is 5.14. The summed E-state index contributed by atoms with van der Waals surface area (Å²) in [4.78, 5) is 30.6. The van der Waals surface area contributed by atoms with Crippen molar-refractivity contribution in [1.82, 2.24) is 9.97 Å². The third-order valence-electron chi connectivity index (χ3n) is 4.15. The van der Waals surface area contributed by atoms with E-state index in [1.54, 1.807) is 18.2 Å². The fourth-order valence-corrected chi connectivity index (χ4v) is 3.55. The maximum Gasteiger partial charge on any atom is 0.413 e. The number of aromatic carboxylic acids is 1. The molecule has 4 aromatic rings. The third kappa shape index (κ3) is 7.23. The molecule has 2 heterocycles. The van der Waals surface area contributed by atoms with Crippen LogP contribution < -0.4 is 5.32 Å². The molecule has 0 aliphatic carbocycles. The SMILES string of the molecule is CC(C)(C)OC(=O)Nc1ccc2cc(Br)ccc2n1.O=C(O)c1ccc2cc(Br)ccc2n1. The van der Waals surface area contributed by atoms with Gasteiger partial charge in [-0.3, -0.25) is 5.32 Å². The van der Waals surface area contributed by atoms with Crippen LogP contribution in [0.15, 0.2) is 69.6 Å². The Hall–Kier alpha value is -3.04. The first kappa shape index (κ1) is 24.6. The van der Waals surface area contributed by atoms with E-state index in [-0.39, 0.29) is 5.69 Å². The van der Waals surface area contributed by atoms with Gasteiger partial charge in [-0.1, -0.05) is 37.9 Å². The van der Waals surface area contributed by atoms with Crippen LogP contribution >= 0.6 is 31.9 Å². The van der Waals surface area contributed by atoms with Gasteiger partial charge in [0.1, 0.15) is 17.1 Å². The molecule has 0 fully saturated rings. The number of fused-ring (bicyclic) bond motifs is 2. The second-order valence-corrected chi connectivity index (χ2v) is 9.83. The van der Waals surface area contributed by atoms with Crippen LogP contribution in [0.4, 0.5) is 10.6 Å². The number of halogens is 2. The van der Waals surface area contributed by atoms with E-state index in [1.165, 1.54) is 6.07 Å². The number of hydrogen-bond donors (Lipinski definition) is 2. The summed E-state index contributed by atoms with van der Waals surface area (Å²) in [5.41, 5.74) is 1.05. The predicted octanol–water partition coefficient (Wildman–Crippen LogP) is 7.04. The first-order valence-electron chi connectivity index (χ1n) is 9.86. The summed E-state index contributed by atoms with van der Waals surface area (Å²) in [5.74, 6) is -0.529. The number of carboxylic acids is 1. The molecule has 0 radical (unpaired) electrons. The number of pyridine rings is 2. The Kier molecular flexibility index (Phi) is 7.65. The predicted molar refractivity (Wildman–Crippen MR) is 136 cm³/mol. The Morgan fingerprint density at radius 1 is 0.848 bits per heavy atom. The van der Waals surface area contributed by atoms with E-state index in [0.717, 1.165) is 25.2 Å². The van der Waals surface area contributed by atoms with E-state index in [4.69, 9.17) is 9.84 Å². The molecule has 0 saturated carbocycles. The Morgan fingerprint density at radius 2 is 1.39 bits per heavy atom. The topological polar surface area (TPSA) is 101 Å². The van der Waals surface area contributed by atoms with Crippen LogP contribution in [-0.4, -0.2) is 32.7 Å². The summed E-state index contributed by atoms with van der Waals surface area (Å²) in [6, 6.07) is 18.2. The molecule has 2 aromatic carbocycles. The zero-order valence-corrected chi connectivity index (χ0v) is 21.3. The molecule has 7 nitrogen and oxygen atoms in total. The van der Waals surface area contributed by atoms with Crippen LogP contribution in [0.1, 0.15) is 31.3 Å². The average molecular weight is 575 g/mol. The largest absolute Gasteiger partial charge is 0.477 e. The van der Waals surface area contributed by atoms with Gasteiger partial charge in [-0.2, -0.15) is 0 Å². The first-order valence-corrected chi connectivity index (χ1v) is 11.4. The van der Waals surface area contributed by atoms with Gasteiger partial charge in [-0.05, 0) is 75.4 Å². The van der Waals surface area contributed by atoms with Gasteiger partial charge in [0, 0.05) is 19.7 Å². The van der Waals surface area contributed by atoms with Gasteiger partial charge >= 0.3 is 12.1 Å². The maximum absolute atomic E-state index is 11.6. The zero-order valence-electron chi connectivity index (χ0n) is 18.1. The van der Waals surface area contributed by atoms with E-state index in [9.17, 15) is 9.59 Å². The summed E-state index contributed by atoms with van der Waals surface area (Å²) in [7, 11) is 0. The molecule has 170 valence electrons. The van der Waals surface area contributed by atoms with Gasteiger partial charge in [0.2, 0.25) is 0 Å². The normalized spacial score (nSPS) is 10.9. The van der Waals surface area contributed by atoms with Crippen molar-refractivity contribution >= 4 is 71.5 Å². The molecule has 0 spiro atoms. The number of nitrogens with zero attached hydrogens (tertiary/aromatic N) is 2. The lowest BCUT2D eigenvalue weighted by atomic mass is 10.2. The van der Waals surface area contributed by atoms with Crippen molar-refractivity contribution in [3.05, 3.63) is 75.3 Å². The molecular weight excluding hydrogens is 554 g/mol. The minimum atomic E-state index is -1.00. The Morgan fingerprint density at radius 3 is 1.94 bits per heavy atom. The number of amides is 1. The number of carboxylic acid groups (broad SMARTS) is 1. The van der Waals surface area contributed by atoms with E-state index in [2.05, 4.69) is 47.1 Å². The van der Waals surface area contributed by atoms with Crippen molar-refractivity contribution in [2.24, 2.45) is 0 Å². The highest BCUT2D eigenvalue weighted by molar-refractivity contribution is 9.10. The number of ether oxygens (including phenoxy) is 1. The minimum Gasteiger partial charge on any atom is -0.477 e. The molecule has 4 rings (SSSR count). The van der Waals surface area contributed by atoms with Crippen LogP contribution in [-0.2, 0) is 4.74 Å². The molecule has 0 aliphatic rings. The standard InChI is InChI=1S/C14H15BrN2O2.C10H6BrNO2/c1-14(2,3)19-13(18)17-12-7-4-9-8-10(15)5-6-11(9)16-12;11-7-2-4-8-6(5-7)1-3-9(12-8)10(13)14/h4-8H,1-3H3,(H,16,17,18);1-5H,(H,13,14). The van der Waals surface area contributed by atoms with E-state index < -0.39 is 17.7 Å². The number of carbonyl (C=O) groups is 2. The van der Waals surface area contributed by atoms with E-state index in [0.29, 0.717) is 11.3 Å². The lowest BCUT2D eigenvalue weighted by molar-refractivity contribution is 0.0633. The van der Waals surface area contributed by atoms with Crippen LogP contribution in [0.25, 0.3) is 21.8 Å². The van der Waals surface area contributed by atoms with Gasteiger partial charge in [-0.15, -0.1) is 0 Å². The zero-order chi connectivity index (χ0) is 24.2. The van der Waals surface area contributed by atoms with Gasteiger partial charge in [0.15, 0.2) is 0 Å². The number of anilines is 1. The summed E-state index contributed by atoms with van der Waals surface area (Å²) < 4.78 is 7.12. The van der Waals surface area contributed by atoms with Gasteiger partial charge in [0.25, 0.3) is 0 Å². The average Bonchev–Trinajstić information content (AvgIpc) is 2.72. The fourth-order valence-electron chi connectivity index (χ4n) is 2.79. The highest BCUT2D eigenvalue weighted by Gasteiger charge is 2.16. The molecule has 33 heavy (non-hydrogen) atoms. The summed E-state index contributed by atoms with van der Waals surface area (Å²) in [6.45, 7) is 5.45. The van der Waals surface area contributed by atoms with Crippen molar-refractivity contribution in [1.29, 1.82) is 0 Å². The number of rotatable bonds is 2. The molecule has 1 amide bonds. The minimum absolute atomic E-state index is 0.0693. The van der Waals surface area contributed by atoms with Crippen molar-refractivity contribution in [3.63, 3.8) is 0 Å². The Balaban J connectivity index is 0.000000194. The smallest absolute Gasteiger partial charge is 0.413 e. The van der Waals surface area contributed by atoms with Crippen molar-refractivity contribution < 1.29 is 19.4 Å². The van der Waals surface area contributed by atoms with Crippen LogP contribution in [0.2, 0.25) is 0 Å². The molecule has 0 unspecified atom stereocenters.